The third-order valence-corrected chi connectivity index (χ3v) is 7.56. The van der Waals surface area contributed by atoms with Crippen LogP contribution in [0.1, 0.15) is 56.9 Å². The number of hydrogen-bond acceptors (Lipinski definition) is 5. The summed E-state index contributed by atoms with van der Waals surface area (Å²) in [7, 11) is 3.31. The van der Waals surface area contributed by atoms with E-state index in [-0.39, 0.29) is 11.4 Å². The van der Waals surface area contributed by atoms with Crippen LogP contribution in [0.4, 0.5) is 0 Å². The highest BCUT2D eigenvalue weighted by atomic mass is 16.5. The van der Waals surface area contributed by atoms with Crippen LogP contribution in [-0.4, -0.2) is 74.4 Å². The molecule has 3 fully saturated rings. The minimum Gasteiger partial charge on any atom is -0.497 e. The van der Waals surface area contributed by atoms with Crippen molar-refractivity contribution >= 4 is 5.91 Å². The van der Waals surface area contributed by atoms with Crippen molar-refractivity contribution in [1.82, 2.24) is 9.80 Å². The third-order valence-electron chi connectivity index (χ3n) is 7.56. The van der Waals surface area contributed by atoms with Crippen LogP contribution >= 0.6 is 0 Å². The molecule has 1 aromatic rings. The molecule has 0 unspecified atom stereocenters. The van der Waals surface area contributed by atoms with Crippen molar-refractivity contribution < 1.29 is 19.0 Å². The van der Waals surface area contributed by atoms with E-state index >= 15 is 0 Å². The first-order valence-electron chi connectivity index (χ1n) is 12.0. The van der Waals surface area contributed by atoms with Crippen LogP contribution in [0.25, 0.3) is 0 Å². The molecule has 0 aliphatic carbocycles. The topological polar surface area (TPSA) is 51.2 Å². The Morgan fingerprint density at radius 2 is 1.94 bits per heavy atom. The van der Waals surface area contributed by atoms with Gasteiger partial charge in [-0.25, -0.2) is 0 Å². The monoisotopic (exact) mass is 430 g/mol. The molecule has 3 saturated heterocycles. The van der Waals surface area contributed by atoms with E-state index in [1.807, 2.05) is 18.2 Å². The molecule has 0 N–H and O–H groups in total. The number of ether oxygens (including phenoxy) is 3. The second kappa shape index (κ2) is 10.2. The minimum absolute atomic E-state index is 0.263. The van der Waals surface area contributed by atoms with Crippen LogP contribution in [0, 0.1) is 0 Å². The second-order valence-electron chi connectivity index (χ2n) is 9.32. The molecular formula is C25H38N2O4. The first-order valence-corrected chi connectivity index (χ1v) is 12.0. The van der Waals surface area contributed by atoms with E-state index in [4.69, 9.17) is 14.2 Å². The zero-order valence-electron chi connectivity index (χ0n) is 19.2. The lowest BCUT2D eigenvalue weighted by Crippen LogP contribution is -2.47. The van der Waals surface area contributed by atoms with Gasteiger partial charge >= 0.3 is 0 Å². The van der Waals surface area contributed by atoms with Gasteiger partial charge in [0.15, 0.2) is 0 Å². The number of methoxy groups -OCH3 is 2. The molecule has 2 atom stereocenters. The van der Waals surface area contributed by atoms with Crippen molar-refractivity contribution in [3.63, 3.8) is 0 Å². The fourth-order valence-corrected chi connectivity index (χ4v) is 5.77. The van der Waals surface area contributed by atoms with Gasteiger partial charge in [-0.1, -0.05) is 6.07 Å². The molecule has 0 saturated carbocycles. The average molecular weight is 431 g/mol. The van der Waals surface area contributed by atoms with Crippen molar-refractivity contribution in [3.8, 4) is 11.5 Å². The lowest BCUT2D eigenvalue weighted by molar-refractivity contribution is -0.131. The highest BCUT2D eigenvalue weighted by molar-refractivity contribution is 5.76. The van der Waals surface area contributed by atoms with Crippen LogP contribution in [-0.2, 0) is 16.0 Å². The Kier molecular flexibility index (Phi) is 7.39. The molecule has 0 aromatic heterocycles. The van der Waals surface area contributed by atoms with Crippen molar-refractivity contribution in [1.29, 1.82) is 0 Å². The van der Waals surface area contributed by atoms with Gasteiger partial charge in [-0.3, -0.25) is 9.69 Å². The Morgan fingerprint density at radius 3 is 2.68 bits per heavy atom. The standard InChI is InChI=1S/C25H38N2O4/c1-29-21-9-7-20(23(18-21)30-2)8-10-24(28)26-14-4-11-25(13-16-26)12-5-15-27(25)19-22-6-3-17-31-22/h7,9,18,22H,3-6,8,10-17,19H2,1-2H3/t22-,25+/m1/s1. The van der Waals surface area contributed by atoms with Crippen LogP contribution in [0.2, 0.25) is 0 Å². The summed E-state index contributed by atoms with van der Waals surface area (Å²) in [6.07, 6.45) is 9.97. The summed E-state index contributed by atoms with van der Waals surface area (Å²) in [5.41, 5.74) is 1.33. The number of carbonyl (C=O) groups is 1. The van der Waals surface area contributed by atoms with Gasteiger partial charge in [0.2, 0.25) is 5.91 Å². The van der Waals surface area contributed by atoms with Gasteiger partial charge in [0.05, 0.1) is 20.3 Å². The van der Waals surface area contributed by atoms with Crippen molar-refractivity contribution in [2.75, 3.05) is 47.0 Å². The number of hydrogen-bond donors (Lipinski definition) is 0. The molecule has 0 bridgehead atoms. The van der Waals surface area contributed by atoms with Gasteiger partial charge in [0.1, 0.15) is 11.5 Å². The molecule has 6 nitrogen and oxygen atoms in total. The zero-order valence-corrected chi connectivity index (χ0v) is 19.2. The maximum atomic E-state index is 13.0. The maximum Gasteiger partial charge on any atom is 0.222 e. The minimum atomic E-state index is 0.263. The van der Waals surface area contributed by atoms with E-state index < -0.39 is 0 Å². The maximum absolute atomic E-state index is 13.0. The Hall–Kier alpha value is -1.79. The Labute approximate surface area is 186 Å². The molecule has 3 aliphatic rings. The molecule has 1 aromatic carbocycles. The van der Waals surface area contributed by atoms with E-state index in [1.54, 1.807) is 14.2 Å². The summed E-state index contributed by atoms with van der Waals surface area (Å²) < 4.78 is 16.7. The summed E-state index contributed by atoms with van der Waals surface area (Å²) in [4.78, 5) is 17.8. The van der Waals surface area contributed by atoms with Gasteiger partial charge in [0.25, 0.3) is 0 Å². The number of carbonyl (C=O) groups excluding carboxylic acids is 1. The van der Waals surface area contributed by atoms with E-state index in [0.29, 0.717) is 18.9 Å². The van der Waals surface area contributed by atoms with Crippen molar-refractivity contribution in [2.24, 2.45) is 0 Å². The largest absolute Gasteiger partial charge is 0.497 e. The normalized spacial score (nSPS) is 26.9. The SMILES string of the molecule is COc1ccc(CCC(=O)N2CCC[C@]3(CCCN3C[C@H]3CCCO3)CC2)c(OC)c1. The summed E-state index contributed by atoms with van der Waals surface area (Å²) in [6, 6.07) is 5.82. The number of amides is 1. The number of aryl methyl sites for hydroxylation is 1. The molecular weight excluding hydrogens is 392 g/mol. The molecule has 3 heterocycles. The number of likely N-dealkylation sites (tertiary alicyclic amines) is 2. The lowest BCUT2D eigenvalue weighted by Gasteiger charge is -2.39. The van der Waals surface area contributed by atoms with Gasteiger partial charge < -0.3 is 19.1 Å². The smallest absolute Gasteiger partial charge is 0.222 e. The van der Waals surface area contributed by atoms with Crippen LogP contribution < -0.4 is 9.47 Å². The number of benzene rings is 1. The predicted octanol–water partition coefficient (Wildman–Crippen LogP) is 3.66. The quantitative estimate of drug-likeness (QED) is 0.661. The molecule has 3 aliphatic heterocycles. The molecule has 1 amide bonds. The predicted molar refractivity (Wildman–Crippen MR) is 121 cm³/mol. The van der Waals surface area contributed by atoms with Crippen molar-refractivity contribution in [3.05, 3.63) is 23.8 Å². The van der Waals surface area contributed by atoms with Gasteiger partial charge in [-0.15, -0.1) is 0 Å². The molecule has 0 radical (unpaired) electrons. The van der Waals surface area contributed by atoms with E-state index in [2.05, 4.69) is 9.80 Å². The average Bonchev–Trinajstić information content (AvgIpc) is 3.39. The highest BCUT2D eigenvalue weighted by Crippen LogP contribution is 2.39. The van der Waals surface area contributed by atoms with E-state index in [0.717, 1.165) is 56.1 Å². The summed E-state index contributed by atoms with van der Waals surface area (Å²) in [6.45, 7) is 4.94. The third kappa shape index (κ3) is 5.17. The van der Waals surface area contributed by atoms with Crippen LogP contribution in [0.15, 0.2) is 18.2 Å². The first kappa shape index (κ1) is 22.4. The molecule has 172 valence electrons. The van der Waals surface area contributed by atoms with Gasteiger partial charge in [-0.05, 0) is 69.5 Å². The van der Waals surface area contributed by atoms with Gasteiger partial charge in [0, 0.05) is 44.3 Å². The molecule has 1 spiro atoms. The summed E-state index contributed by atoms with van der Waals surface area (Å²) in [5.74, 6) is 1.82. The van der Waals surface area contributed by atoms with Crippen LogP contribution in [0.5, 0.6) is 11.5 Å². The van der Waals surface area contributed by atoms with E-state index in [1.165, 1.54) is 38.6 Å². The lowest BCUT2D eigenvalue weighted by atomic mass is 9.87. The fourth-order valence-electron chi connectivity index (χ4n) is 5.77. The molecule has 6 heteroatoms. The van der Waals surface area contributed by atoms with Crippen molar-refractivity contribution in [2.45, 2.75) is 69.4 Å². The Morgan fingerprint density at radius 1 is 1.10 bits per heavy atom. The first-order chi connectivity index (χ1) is 15.1. The molecule has 31 heavy (non-hydrogen) atoms. The Balaban J connectivity index is 1.32. The number of nitrogens with zero attached hydrogens (tertiary/aromatic N) is 2. The zero-order chi connectivity index (χ0) is 21.7. The fraction of sp³-hybridized carbons (Fsp3) is 0.720. The highest BCUT2D eigenvalue weighted by Gasteiger charge is 2.43. The van der Waals surface area contributed by atoms with E-state index in [9.17, 15) is 4.79 Å². The van der Waals surface area contributed by atoms with Crippen LogP contribution in [0.3, 0.4) is 0 Å². The van der Waals surface area contributed by atoms with Gasteiger partial charge in [-0.2, -0.15) is 0 Å². The number of rotatable bonds is 7. The molecule has 4 rings (SSSR count). The Bertz CT molecular complexity index is 749. The summed E-state index contributed by atoms with van der Waals surface area (Å²) >= 11 is 0. The summed E-state index contributed by atoms with van der Waals surface area (Å²) in [5, 5.41) is 0. The second-order valence-corrected chi connectivity index (χ2v) is 9.32.